The van der Waals surface area contributed by atoms with Crippen molar-refractivity contribution in [2.45, 2.75) is 43.4 Å². The van der Waals surface area contributed by atoms with Gasteiger partial charge in [-0.1, -0.05) is 18.6 Å². The van der Waals surface area contributed by atoms with Gasteiger partial charge in [0.25, 0.3) is 0 Å². The van der Waals surface area contributed by atoms with Gasteiger partial charge in [-0.15, -0.1) is 0 Å². The van der Waals surface area contributed by atoms with Gasteiger partial charge in [0.1, 0.15) is 0 Å². The lowest BCUT2D eigenvalue weighted by Crippen LogP contribution is -2.35. The molecule has 0 atom stereocenters. The third kappa shape index (κ3) is 7.50. The molecule has 0 spiro atoms. The van der Waals surface area contributed by atoms with E-state index in [-0.39, 0.29) is 5.91 Å². The molecule has 2 rings (SSSR count). The summed E-state index contributed by atoms with van der Waals surface area (Å²) >= 11 is 0. The molecule has 1 fully saturated rings. The maximum atomic E-state index is 12.6. The number of piperidine rings is 1. The topological polar surface area (TPSA) is 84.9 Å². The smallest absolute Gasteiger partial charge is 0.243 e. The van der Waals surface area contributed by atoms with Crippen LogP contribution in [0.5, 0.6) is 0 Å². The van der Waals surface area contributed by atoms with E-state index in [2.05, 4.69) is 5.32 Å². The number of nitrogens with zero attached hydrogens (tertiary/aromatic N) is 1. The Morgan fingerprint density at radius 3 is 2.46 bits per heavy atom. The number of aryl methyl sites for hydroxylation is 1. The molecular formula is C20H32N2O5S. The highest BCUT2D eigenvalue weighted by Gasteiger charge is 2.25. The first-order chi connectivity index (χ1) is 13.5. The maximum absolute atomic E-state index is 12.6. The number of rotatable bonds is 12. The van der Waals surface area contributed by atoms with Crippen molar-refractivity contribution in [3.63, 3.8) is 0 Å². The van der Waals surface area contributed by atoms with Gasteiger partial charge in [0.2, 0.25) is 15.9 Å². The summed E-state index contributed by atoms with van der Waals surface area (Å²) in [7, 11) is -1.77. The number of carbonyl (C=O) groups excluding carboxylic acids is 1. The summed E-state index contributed by atoms with van der Waals surface area (Å²) in [6, 6.07) is 6.89. The van der Waals surface area contributed by atoms with E-state index in [0.29, 0.717) is 57.2 Å². The standard InChI is InChI=1S/C20H32N2O5S/c1-26-16-17-27-15-5-12-21-20(23)11-8-18-6-9-19(10-7-18)28(24,25)22-13-3-2-4-14-22/h6-7,9-10H,2-5,8,11-17H2,1H3,(H,21,23). The second-order valence-electron chi connectivity index (χ2n) is 6.92. The number of nitrogens with one attached hydrogen (secondary N) is 1. The van der Waals surface area contributed by atoms with Crippen LogP contribution in [0.1, 0.15) is 37.7 Å². The third-order valence-corrected chi connectivity index (χ3v) is 6.65. The minimum atomic E-state index is -3.40. The Morgan fingerprint density at radius 2 is 1.79 bits per heavy atom. The van der Waals surface area contributed by atoms with Crippen molar-refractivity contribution in [3.8, 4) is 0 Å². The highest BCUT2D eigenvalue weighted by Crippen LogP contribution is 2.21. The summed E-state index contributed by atoms with van der Waals surface area (Å²) in [5.41, 5.74) is 0.954. The van der Waals surface area contributed by atoms with E-state index in [1.54, 1.807) is 35.7 Å². The molecule has 0 radical (unpaired) electrons. The molecule has 0 unspecified atom stereocenters. The van der Waals surface area contributed by atoms with Crippen LogP contribution < -0.4 is 5.32 Å². The largest absolute Gasteiger partial charge is 0.382 e. The molecule has 1 aromatic carbocycles. The molecule has 1 aliphatic rings. The van der Waals surface area contributed by atoms with Gasteiger partial charge in [0, 0.05) is 39.8 Å². The zero-order valence-corrected chi connectivity index (χ0v) is 17.5. The second kappa shape index (κ2) is 12.2. The number of ether oxygens (including phenoxy) is 2. The number of amides is 1. The summed E-state index contributed by atoms with van der Waals surface area (Å²) < 4.78 is 37.1. The van der Waals surface area contributed by atoms with Gasteiger partial charge in [0.15, 0.2) is 0 Å². The van der Waals surface area contributed by atoms with Crippen LogP contribution in [0.15, 0.2) is 29.2 Å². The zero-order valence-electron chi connectivity index (χ0n) is 16.7. The van der Waals surface area contributed by atoms with Gasteiger partial charge < -0.3 is 14.8 Å². The van der Waals surface area contributed by atoms with Crippen LogP contribution in [0.2, 0.25) is 0 Å². The van der Waals surface area contributed by atoms with Crippen LogP contribution in [0.4, 0.5) is 0 Å². The summed E-state index contributed by atoms with van der Waals surface area (Å²) in [4.78, 5) is 12.2. The van der Waals surface area contributed by atoms with E-state index in [0.717, 1.165) is 31.2 Å². The summed E-state index contributed by atoms with van der Waals surface area (Å²) in [6.45, 7) is 3.51. The molecule has 1 heterocycles. The molecule has 0 saturated carbocycles. The zero-order chi connectivity index (χ0) is 20.2. The lowest BCUT2D eigenvalue weighted by molar-refractivity contribution is -0.121. The quantitative estimate of drug-likeness (QED) is 0.531. The fraction of sp³-hybridized carbons (Fsp3) is 0.650. The normalized spacial score (nSPS) is 15.5. The van der Waals surface area contributed by atoms with Crippen LogP contribution >= 0.6 is 0 Å². The molecule has 8 heteroatoms. The van der Waals surface area contributed by atoms with Crippen LogP contribution in [-0.2, 0) is 30.7 Å². The van der Waals surface area contributed by atoms with Crippen molar-refractivity contribution < 1.29 is 22.7 Å². The van der Waals surface area contributed by atoms with Crippen LogP contribution in [0.3, 0.4) is 0 Å². The monoisotopic (exact) mass is 412 g/mol. The Kier molecular flexibility index (Phi) is 9.91. The third-order valence-electron chi connectivity index (χ3n) is 4.74. The number of sulfonamides is 1. The minimum absolute atomic E-state index is 0.0121. The lowest BCUT2D eigenvalue weighted by Gasteiger charge is -2.25. The second-order valence-corrected chi connectivity index (χ2v) is 8.86. The lowest BCUT2D eigenvalue weighted by atomic mass is 10.1. The molecule has 28 heavy (non-hydrogen) atoms. The van der Waals surface area contributed by atoms with Gasteiger partial charge in [-0.05, 0) is 43.4 Å². The molecule has 0 aliphatic carbocycles. The molecule has 1 N–H and O–H groups in total. The first-order valence-corrected chi connectivity index (χ1v) is 11.4. The fourth-order valence-corrected chi connectivity index (χ4v) is 4.59. The highest BCUT2D eigenvalue weighted by atomic mass is 32.2. The minimum Gasteiger partial charge on any atom is -0.382 e. The fourth-order valence-electron chi connectivity index (χ4n) is 3.08. The van der Waals surface area contributed by atoms with Crippen LogP contribution in [0, 0.1) is 0 Å². The summed E-state index contributed by atoms with van der Waals surface area (Å²) in [5.74, 6) is -0.0121. The summed E-state index contributed by atoms with van der Waals surface area (Å²) in [6.07, 6.45) is 4.66. The number of carbonyl (C=O) groups is 1. The Hall–Kier alpha value is -1.48. The number of hydrogen-bond donors (Lipinski definition) is 1. The predicted molar refractivity (Wildman–Crippen MR) is 108 cm³/mol. The molecule has 1 saturated heterocycles. The van der Waals surface area contributed by atoms with Crippen molar-refractivity contribution in [1.82, 2.24) is 9.62 Å². The average molecular weight is 413 g/mol. The van der Waals surface area contributed by atoms with E-state index in [1.165, 1.54) is 0 Å². The Morgan fingerprint density at radius 1 is 1.07 bits per heavy atom. The van der Waals surface area contributed by atoms with Crippen molar-refractivity contribution in [1.29, 1.82) is 0 Å². The van der Waals surface area contributed by atoms with Crippen molar-refractivity contribution in [3.05, 3.63) is 29.8 Å². The molecule has 7 nitrogen and oxygen atoms in total. The van der Waals surface area contributed by atoms with Crippen molar-refractivity contribution in [2.24, 2.45) is 0 Å². The van der Waals surface area contributed by atoms with Gasteiger partial charge in [-0.3, -0.25) is 4.79 Å². The molecule has 1 aliphatic heterocycles. The average Bonchev–Trinajstić information content (AvgIpc) is 2.72. The molecule has 0 aromatic heterocycles. The predicted octanol–water partition coefficient (Wildman–Crippen LogP) is 1.96. The Balaban J connectivity index is 1.70. The van der Waals surface area contributed by atoms with Crippen LogP contribution in [-0.4, -0.2) is 65.2 Å². The Bertz CT molecular complexity index is 685. The molecule has 0 bridgehead atoms. The SMILES string of the molecule is COCCOCCCNC(=O)CCc1ccc(S(=O)(=O)N2CCCCC2)cc1. The van der Waals surface area contributed by atoms with E-state index in [9.17, 15) is 13.2 Å². The number of hydrogen-bond acceptors (Lipinski definition) is 5. The Labute approximate surface area is 168 Å². The van der Waals surface area contributed by atoms with Gasteiger partial charge in [-0.2, -0.15) is 4.31 Å². The highest BCUT2D eigenvalue weighted by molar-refractivity contribution is 7.89. The number of benzene rings is 1. The van der Waals surface area contributed by atoms with Crippen LogP contribution in [0.25, 0.3) is 0 Å². The van der Waals surface area contributed by atoms with Gasteiger partial charge in [-0.25, -0.2) is 8.42 Å². The van der Waals surface area contributed by atoms with Gasteiger partial charge in [0.05, 0.1) is 18.1 Å². The molecule has 1 amide bonds. The maximum Gasteiger partial charge on any atom is 0.243 e. The molecule has 158 valence electrons. The molecular weight excluding hydrogens is 380 g/mol. The molecule has 1 aromatic rings. The summed E-state index contributed by atoms with van der Waals surface area (Å²) in [5, 5.41) is 2.87. The van der Waals surface area contributed by atoms with Crippen molar-refractivity contribution >= 4 is 15.9 Å². The van der Waals surface area contributed by atoms with E-state index >= 15 is 0 Å². The number of methoxy groups -OCH3 is 1. The first kappa shape index (κ1) is 22.8. The van der Waals surface area contributed by atoms with E-state index < -0.39 is 10.0 Å². The van der Waals surface area contributed by atoms with Gasteiger partial charge >= 0.3 is 0 Å². The van der Waals surface area contributed by atoms with E-state index in [4.69, 9.17) is 9.47 Å². The first-order valence-electron chi connectivity index (χ1n) is 9.96. The van der Waals surface area contributed by atoms with E-state index in [1.807, 2.05) is 0 Å². The van der Waals surface area contributed by atoms with Crippen molar-refractivity contribution in [2.75, 3.05) is 46.6 Å².